The first-order valence-electron chi connectivity index (χ1n) is 9.18. The molecule has 1 fully saturated rings. The SMILES string of the molecule is O=C(CN1c2cc(Cl)ccc2-c2ccccc2S1(=O)=O)NC1CCCCC1. The Kier molecular flexibility index (Phi) is 4.86. The Balaban J connectivity index is 1.69. The van der Waals surface area contributed by atoms with Gasteiger partial charge in [0.1, 0.15) is 6.54 Å². The van der Waals surface area contributed by atoms with E-state index >= 15 is 0 Å². The number of sulfonamides is 1. The fraction of sp³-hybridized carbons (Fsp3) is 0.350. The molecule has 1 N–H and O–H groups in total. The highest BCUT2D eigenvalue weighted by Gasteiger charge is 2.36. The zero-order valence-corrected chi connectivity index (χ0v) is 16.4. The number of fused-ring (bicyclic) bond motifs is 3. The van der Waals surface area contributed by atoms with Crippen LogP contribution in [0.2, 0.25) is 5.02 Å². The van der Waals surface area contributed by atoms with Crippen LogP contribution in [-0.2, 0) is 14.8 Å². The number of amides is 1. The molecule has 0 saturated heterocycles. The first kappa shape index (κ1) is 18.3. The van der Waals surface area contributed by atoms with Crippen molar-refractivity contribution in [2.75, 3.05) is 10.8 Å². The van der Waals surface area contributed by atoms with Gasteiger partial charge in [0.15, 0.2) is 0 Å². The molecule has 142 valence electrons. The van der Waals surface area contributed by atoms with Crippen molar-refractivity contribution < 1.29 is 13.2 Å². The first-order valence-corrected chi connectivity index (χ1v) is 11.0. The van der Waals surface area contributed by atoms with E-state index in [-0.39, 0.29) is 23.4 Å². The fourth-order valence-electron chi connectivity index (χ4n) is 3.92. The molecule has 1 saturated carbocycles. The molecule has 0 aromatic heterocycles. The Hall–Kier alpha value is -2.05. The van der Waals surface area contributed by atoms with Crippen LogP contribution in [0.15, 0.2) is 47.4 Å². The molecule has 0 bridgehead atoms. The minimum atomic E-state index is -3.84. The minimum Gasteiger partial charge on any atom is -0.352 e. The lowest BCUT2D eigenvalue weighted by Crippen LogP contribution is -2.45. The second-order valence-electron chi connectivity index (χ2n) is 7.07. The average Bonchev–Trinajstić information content (AvgIpc) is 2.66. The highest BCUT2D eigenvalue weighted by Crippen LogP contribution is 2.43. The molecule has 0 atom stereocenters. The summed E-state index contributed by atoms with van der Waals surface area (Å²) in [6.07, 6.45) is 5.28. The monoisotopic (exact) mass is 404 g/mol. The minimum absolute atomic E-state index is 0.130. The smallest absolute Gasteiger partial charge is 0.265 e. The largest absolute Gasteiger partial charge is 0.352 e. The summed E-state index contributed by atoms with van der Waals surface area (Å²) in [4.78, 5) is 12.8. The quantitative estimate of drug-likeness (QED) is 0.841. The molecule has 4 rings (SSSR count). The second-order valence-corrected chi connectivity index (χ2v) is 9.34. The van der Waals surface area contributed by atoms with Gasteiger partial charge in [-0.1, -0.05) is 55.1 Å². The number of nitrogens with one attached hydrogen (secondary N) is 1. The molecule has 1 heterocycles. The van der Waals surface area contributed by atoms with Gasteiger partial charge in [-0.05, 0) is 31.0 Å². The van der Waals surface area contributed by atoms with Crippen LogP contribution < -0.4 is 9.62 Å². The van der Waals surface area contributed by atoms with Crippen LogP contribution in [0, 0.1) is 0 Å². The van der Waals surface area contributed by atoms with Crippen LogP contribution in [-0.4, -0.2) is 26.9 Å². The lowest BCUT2D eigenvalue weighted by Gasteiger charge is -2.32. The van der Waals surface area contributed by atoms with Crippen molar-refractivity contribution in [3.63, 3.8) is 0 Å². The molecule has 1 aliphatic heterocycles. The molecule has 5 nitrogen and oxygen atoms in total. The third-order valence-electron chi connectivity index (χ3n) is 5.23. The summed E-state index contributed by atoms with van der Waals surface area (Å²) < 4.78 is 27.6. The van der Waals surface area contributed by atoms with Crippen LogP contribution >= 0.6 is 11.6 Å². The molecule has 0 unspecified atom stereocenters. The third kappa shape index (κ3) is 3.44. The Morgan fingerprint density at radius 3 is 2.59 bits per heavy atom. The summed E-state index contributed by atoms with van der Waals surface area (Å²) >= 11 is 6.13. The standard InChI is InChI=1S/C20H21ClN2O3S/c21-14-10-11-16-17-8-4-5-9-19(17)27(25,26)23(18(16)12-14)13-20(24)22-15-6-2-1-3-7-15/h4-5,8-12,15H,1-3,6-7,13H2,(H,22,24). The number of hydrogen-bond acceptors (Lipinski definition) is 3. The molecule has 2 aliphatic rings. The van der Waals surface area contributed by atoms with E-state index in [1.165, 1.54) is 10.7 Å². The van der Waals surface area contributed by atoms with Gasteiger partial charge >= 0.3 is 0 Å². The van der Waals surface area contributed by atoms with Crippen molar-refractivity contribution in [3.05, 3.63) is 47.5 Å². The predicted octanol–water partition coefficient (Wildman–Crippen LogP) is 3.96. The van der Waals surface area contributed by atoms with Crippen molar-refractivity contribution in [3.8, 4) is 11.1 Å². The zero-order chi connectivity index (χ0) is 19.0. The maximum Gasteiger partial charge on any atom is 0.265 e. The lowest BCUT2D eigenvalue weighted by molar-refractivity contribution is -0.120. The Morgan fingerprint density at radius 1 is 1.07 bits per heavy atom. The van der Waals surface area contributed by atoms with E-state index in [2.05, 4.69) is 5.32 Å². The second kappa shape index (κ2) is 7.17. The molecule has 0 spiro atoms. The van der Waals surface area contributed by atoms with Crippen molar-refractivity contribution >= 4 is 33.2 Å². The van der Waals surface area contributed by atoms with Crippen molar-refractivity contribution in [2.45, 2.75) is 43.0 Å². The van der Waals surface area contributed by atoms with Crippen molar-refractivity contribution in [2.24, 2.45) is 0 Å². The predicted molar refractivity (Wildman–Crippen MR) is 106 cm³/mol. The van der Waals surface area contributed by atoms with Crippen molar-refractivity contribution in [1.29, 1.82) is 0 Å². The lowest BCUT2D eigenvalue weighted by atomic mass is 9.95. The number of rotatable bonds is 3. The summed E-state index contributed by atoms with van der Waals surface area (Å²) in [6.45, 7) is -0.249. The fourth-order valence-corrected chi connectivity index (χ4v) is 5.73. The Labute approximate surface area is 164 Å². The van der Waals surface area contributed by atoms with E-state index in [1.807, 2.05) is 0 Å². The van der Waals surface area contributed by atoms with Crippen molar-refractivity contribution in [1.82, 2.24) is 5.32 Å². The van der Waals surface area contributed by atoms with E-state index < -0.39 is 10.0 Å². The van der Waals surface area contributed by atoms with Crippen LogP contribution in [0.5, 0.6) is 0 Å². The Morgan fingerprint density at radius 2 is 1.81 bits per heavy atom. The normalized spacial score (nSPS) is 18.5. The van der Waals surface area contributed by atoms with Gasteiger partial charge in [0.2, 0.25) is 5.91 Å². The van der Waals surface area contributed by atoms with E-state index in [0.717, 1.165) is 31.2 Å². The third-order valence-corrected chi connectivity index (χ3v) is 7.28. The molecule has 1 aliphatic carbocycles. The molecular formula is C20H21ClN2O3S. The van der Waals surface area contributed by atoms with Crippen LogP contribution in [0.4, 0.5) is 5.69 Å². The van der Waals surface area contributed by atoms with Crippen LogP contribution in [0.25, 0.3) is 11.1 Å². The van der Waals surface area contributed by atoms with E-state index in [9.17, 15) is 13.2 Å². The molecule has 1 amide bonds. The number of halogens is 1. The van der Waals surface area contributed by atoms with Gasteiger partial charge in [0.05, 0.1) is 10.6 Å². The maximum absolute atomic E-state index is 13.2. The van der Waals surface area contributed by atoms with E-state index in [0.29, 0.717) is 16.3 Å². The van der Waals surface area contributed by atoms with Gasteiger partial charge in [0.25, 0.3) is 10.0 Å². The summed E-state index contributed by atoms with van der Waals surface area (Å²) in [6, 6.07) is 12.1. The van der Waals surface area contributed by atoms with Gasteiger partial charge < -0.3 is 5.32 Å². The first-order chi connectivity index (χ1) is 13.0. The number of anilines is 1. The van der Waals surface area contributed by atoms with Gasteiger partial charge in [-0.15, -0.1) is 0 Å². The highest BCUT2D eigenvalue weighted by atomic mass is 35.5. The summed E-state index contributed by atoms with van der Waals surface area (Å²) in [5.41, 5.74) is 1.84. The number of hydrogen-bond donors (Lipinski definition) is 1. The molecule has 2 aromatic rings. The molecule has 0 radical (unpaired) electrons. The zero-order valence-electron chi connectivity index (χ0n) is 14.8. The van der Waals surface area contributed by atoms with E-state index in [4.69, 9.17) is 11.6 Å². The highest BCUT2D eigenvalue weighted by molar-refractivity contribution is 7.93. The van der Waals surface area contributed by atoms with Gasteiger partial charge in [-0.3, -0.25) is 9.10 Å². The Bertz CT molecular complexity index is 984. The average molecular weight is 405 g/mol. The summed E-state index contributed by atoms with van der Waals surface area (Å²) in [5.74, 6) is -0.282. The van der Waals surface area contributed by atoms with Crippen LogP contribution in [0.3, 0.4) is 0 Å². The van der Waals surface area contributed by atoms with Gasteiger partial charge in [0, 0.05) is 22.2 Å². The van der Waals surface area contributed by atoms with E-state index in [1.54, 1.807) is 42.5 Å². The number of nitrogens with zero attached hydrogens (tertiary/aromatic N) is 1. The number of benzene rings is 2. The molecule has 27 heavy (non-hydrogen) atoms. The molecule has 7 heteroatoms. The topological polar surface area (TPSA) is 66.5 Å². The van der Waals surface area contributed by atoms with Gasteiger partial charge in [-0.25, -0.2) is 8.42 Å². The molecule has 2 aromatic carbocycles. The molecular weight excluding hydrogens is 384 g/mol. The summed E-state index contributed by atoms with van der Waals surface area (Å²) in [5, 5.41) is 3.43. The van der Waals surface area contributed by atoms with Gasteiger partial charge in [-0.2, -0.15) is 0 Å². The summed E-state index contributed by atoms with van der Waals surface area (Å²) in [7, 11) is -3.84. The number of carbonyl (C=O) groups excluding carboxylic acids is 1. The van der Waals surface area contributed by atoms with Crippen LogP contribution in [0.1, 0.15) is 32.1 Å². The number of carbonyl (C=O) groups is 1. The maximum atomic E-state index is 13.2.